The minimum atomic E-state index is -4.77. The van der Waals surface area contributed by atoms with Gasteiger partial charge in [-0.15, -0.1) is 11.8 Å². The highest BCUT2D eigenvalue weighted by molar-refractivity contribution is 7.98. The molecule has 11 heteroatoms. The summed E-state index contributed by atoms with van der Waals surface area (Å²) in [6.07, 6.45) is -3.50. The van der Waals surface area contributed by atoms with Crippen LogP contribution in [0.25, 0.3) is 0 Å². The number of aromatic nitrogens is 1. The number of carbonyl (C=O) groups is 1. The molecule has 1 amide bonds. The normalized spacial score (nSPS) is 20.1. The van der Waals surface area contributed by atoms with Crippen molar-refractivity contribution in [1.29, 1.82) is 0 Å². The summed E-state index contributed by atoms with van der Waals surface area (Å²) in [6, 6.07) is 7.58. The summed E-state index contributed by atoms with van der Waals surface area (Å²) in [7, 11) is 0. The Balaban J connectivity index is 1.83. The molecule has 2 aliphatic rings. The fourth-order valence-corrected chi connectivity index (χ4v) is 6.39. The fourth-order valence-electron chi connectivity index (χ4n) is 5.27. The molecule has 2 aromatic carbocycles. The van der Waals surface area contributed by atoms with Crippen LogP contribution >= 0.6 is 11.8 Å². The van der Waals surface area contributed by atoms with Crippen molar-refractivity contribution < 1.29 is 32.6 Å². The number of aromatic hydroxyl groups is 1. The molecule has 2 aliphatic heterocycles. The number of pyridine rings is 1. The van der Waals surface area contributed by atoms with Crippen LogP contribution in [0, 0.1) is 5.82 Å². The molecule has 0 bridgehead atoms. The molecule has 0 saturated heterocycles. The van der Waals surface area contributed by atoms with E-state index in [1.54, 1.807) is 18.2 Å². The van der Waals surface area contributed by atoms with Crippen LogP contribution in [0.3, 0.4) is 0 Å². The third-order valence-electron chi connectivity index (χ3n) is 7.11. The number of thioether (sulfide) groups is 1. The minimum Gasteiger partial charge on any atom is -0.503 e. The fraction of sp³-hybridized carbons (Fsp3) is 0.308. The Morgan fingerprint density at radius 2 is 1.86 bits per heavy atom. The Hall–Kier alpha value is -3.31. The van der Waals surface area contributed by atoms with Gasteiger partial charge in [-0.05, 0) is 35.2 Å². The lowest BCUT2D eigenvalue weighted by molar-refractivity contribution is -0.174. The van der Waals surface area contributed by atoms with E-state index in [4.69, 9.17) is 0 Å². The molecular formula is C26H22F4N2O4S. The molecule has 0 fully saturated rings. The smallest absolute Gasteiger partial charge is 0.408 e. The predicted octanol–water partition coefficient (Wildman–Crippen LogP) is 4.57. The van der Waals surface area contributed by atoms with Crippen molar-refractivity contribution in [2.45, 2.75) is 48.4 Å². The van der Waals surface area contributed by atoms with Gasteiger partial charge in [0, 0.05) is 35.4 Å². The molecule has 6 nitrogen and oxygen atoms in total. The van der Waals surface area contributed by atoms with Crippen molar-refractivity contribution in [3.8, 4) is 5.75 Å². The summed E-state index contributed by atoms with van der Waals surface area (Å²) >= 11 is 1.24. The number of nitrogens with zero attached hydrogens (tertiary/aromatic N) is 2. The molecule has 3 heterocycles. The summed E-state index contributed by atoms with van der Waals surface area (Å²) in [5, 5.41) is 20.7. The quantitative estimate of drug-likeness (QED) is 0.481. The Labute approximate surface area is 213 Å². The van der Waals surface area contributed by atoms with Gasteiger partial charge >= 0.3 is 6.18 Å². The average molecular weight is 535 g/mol. The van der Waals surface area contributed by atoms with Crippen molar-refractivity contribution in [2.24, 2.45) is 0 Å². The molecule has 0 radical (unpaired) electrons. The van der Waals surface area contributed by atoms with Crippen LogP contribution in [0.5, 0.6) is 5.75 Å². The van der Waals surface area contributed by atoms with E-state index in [9.17, 15) is 33.0 Å². The second-order valence-corrected chi connectivity index (χ2v) is 10.1. The van der Waals surface area contributed by atoms with Crippen LogP contribution in [0.2, 0.25) is 0 Å². The summed E-state index contributed by atoms with van der Waals surface area (Å²) in [5.41, 5.74) is 0.908. The van der Waals surface area contributed by atoms with E-state index in [1.807, 2.05) is 6.07 Å². The molecule has 37 heavy (non-hydrogen) atoms. The largest absolute Gasteiger partial charge is 0.503 e. The Kier molecular flexibility index (Phi) is 6.31. The van der Waals surface area contributed by atoms with Gasteiger partial charge in [0.25, 0.3) is 5.91 Å². The number of aliphatic hydroxyl groups is 1. The molecule has 0 saturated carbocycles. The second kappa shape index (κ2) is 9.21. The van der Waals surface area contributed by atoms with Crippen molar-refractivity contribution in [1.82, 2.24) is 9.47 Å². The summed E-state index contributed by atoms with van der Waals surface area (Å²) in [6.45, 7) is 0.0390. The Morgan fingerprint density at radius 3 is 2.57 bits per heavy atom. The number of halogens is 4. The van der Waals surface area contributed by atoms with Gasteiger partial charge in [0.05, 0.1) is 12.6 Å². The number of alkyl halides is 3. The van der Waals surface area contributed by atoms with Gasteiger partial charge in [-0.2, -0.15) is 13.2 Å². The van der Waals surface area contributed by atoms with E-state index in [2.05, 4.69) is 0 Å². The van der Waals surface area contributed by atoms with Gasteiger partial charge in [0.2, 0.25) is 5.43 Å². The maximum absolute atomic E-state index is 15.1. The predicted molar refractivity (Wildman–Crippen MR) is 128 cm³/mol. The second-order valence-electron chi connectivity index (χ2n) is 9.10. The maximum atomic E-state index is 15.1. The number of amides is 1. The zero-order valence-corrected chi connectivity index (χ0v) is 20.3. The van der Waals surface area contributed by atoms with E-state index in [0.29, 0.717) is 32.2 Å². The molecule has 194 valence electrons. The van der Waals surface area contributed by atoms with Crippen LogP contribution < -0.4 is 5.43 Å². The first-order valence-electron chi connectivity index (χ1n) is 11.5. The van der Waals surface area contributed by atoms with Gasteiger partial charge in [-0.25, -0.2) is 4.39 Å². The van der Waals surface area contributed by atoms with E-state index in [0.717, 1.165) is 18.6 Å². The lowest BCUT2D eigenvalue weighted by atomic mass is 9.79. The Bertz CT molecular complexity index is 1460. The van der Waals surface area contributed by atoms with Crippen LogP contribution in [-0.4, -0.2) is 44.4 Å². The number of rotatable bonds is 3. The highest BCUT2D eigenvalue weighted by Crippen LogP contribution is 2.49. The summed E-state index contributed by atoms with van der Waals surface area (Å²) in [5.74, 6) is -3.04. The van der Waals surface area contributed by atoms with Crippen molar-refractivity contribution in [3.63, 3.8) is 0 Å². The highest BCUT2D eigenvalue weighted by Gasteiger charge is 2.48. The van der Waals surface area contributed by atoms with Gasteiger partial charge in [0.15, 0.2) is 11.4 Å². The first-order valence-corrected chi connectivity index (χ1v) is 12.5. The minimum absolute atomic E-state index is 0.312. The third-order valence-corrected chi connectivity index (χ3v) is 8.28. The first kappa shape index (κ1) is 25.3. The van der Waals surface area contributed by atoms with E-state index < -0.39 is 59.3 Å². The third kappa shape index (κ3) is 4.10. The molecule has 0 spiro atoms. The molecule has 0 aliphatic carbocycles. The van der Waals surface area contributed by atoms with E-state index in [-0.39, 0.29) is 6.61 Å². The van der Waals surface area contributed by atoms with Gasteiger partial charge in [-0.3, -0.25) is 9.59 Å². The molecule has 3 atom stereocenters. The van der Waals surface area contributed by atoms with Crippen LogP contribution in [0.1, 0.15) is 51.6 Å². The Morgan fingerprint density at radius 1 is 1.14 bits per heavy atom. The maximum Gasteiger partial charge on any atom is 0.408 e. The number of aliphatic hydroxyl groups excluding tert-OH is 1. The first-order chi connectivity index (χ1) is 17.5. The summed E-state index contributed by atoms with van der Waals surface area (Å²) < 4.78 is 57.9. The lowest BCUT2D eigenvalue weighted by Crippen LogP contribution is -2.54. The topological polar surface area (TPSA) is 82.8 Å². The highest BCUT2D eigenvalue weighted by atomic mass is 32.2. The van der Waals surface area contributed by atoms with Crippen LogP contribution in [0.4, 0.5) is 17.6 Å². The molecule has 5 rings (SSSR count). The zero-order chi connectivity index (χ0) is 26.6. The molecular weight excluding hydrogens is 512 g/mol. The number of carbonyl (C=O) groups excluding carboxylic acids is 1. The average Bonchev–Trinajstić information content (AvgIpc) is 3.03. The van der Waals surface area contributed by atoms with Crippen molar-refractivity contribution in [2.75, 3.05) is 6.54 Å². The molecule has 1 aromatic heterocycles. The molecule has 3 aromatic rings. The van der Waals surface area contributed by atoms with Crippen molar-refractivity contribution in [3.05, 3.63) is 92.6 Å². The number of fused-ring (bicyclic) bond motifs is 3. The van der Waals surface area contributed by atoms with E-state index in [1.165, 1.54) is 34.7 Å². The zero-order valence-electron chi connectivity index (χ0n) is 19.5. The lowest BCUT2D eigenvalue weighted by Gasteiger charge is -2.43. The molecule has 1 unspecified atom stereocenters. The van der Waals surface area contributed by atoms with Gasteiger partial charge in [-0.1, -0.05) is 30.3 Å². The standard InChI is InChI=1S/C26H22F4N2O4S/c1-13(26(28,29)30)32-10-18(31-9-8-19(34)23(35)22(31)25(32)36)21-16-6-3-7-17(27)24(16)37-12-15-5-2-4-14(11-33)20(15)21/h2-9,13,18,21,33,35H,10-12H2,1H3/t13-,18?,21+/m1/s1. The number of hydrogen-bond acceptors (Lipinski definition) is 5. The number of benzene rings is 2. The van der Waals surface area contributed by atoms with Crippen molar-refractivity contribution >= 4 is 17.7 Å². The number of hydrogen-bond donors (Lipinski definition) is 2. The summed E-state index contributed by atoms with van der Waals surface area (Å²) in [4.78, 5) is 26.4. The SMILES string of the molecule is C[C@@H](N1CC([C@@H]2c3cccc(F)c3SCc3cccc(CO)c32)n2ccc(=O)c(O)c2C1=O)C(F)(F)F. The van der Waals surface area contributed by atoms with Crippen LogP contribution in [-0.2, 0) is 12.4 Å². The van der Waals surface area contributed by atoms with E-state index >= 15 is 4.39 Å². The molecule has 2 N–H and O–H groups in total. The van der Waals surface area contributed by atoms with Gasteiger partial charge in [0.1, 0.15) is 11.9 Å². The monoisotopic (exact) mass is 534 g/mol. The van der Waals surface area contributed by atoms with Crippen LogP contribution in [0.15, 0.2) is 58.4 Å². The van der Waals surface area contributed by atoms with Gasteiger partial charge < -0.3 is 19.7 Å².